The first-order valence-corrected chi connectivity index (χ1v) is 12.9. The molecule has 1 unspecified atom stereocenters. The summed E-state index contributed by atoms with van der Waals surface area (Å²) >= 11 is 3.32. The number of nitrogens with one attached hydrogen (secondary N) is 1. The lowest BCUT2D eigenvalue weighted by atomic mass is 10.0. The number of thioether (sulfide) groups is 2. The third kappa shape index (κ3) is 6.30. The number of hydrogen-bond acceptors (Lipinski definition) is 13. The molecule has 2 amide bonds. The highest BCUT2D eigenvalue weighted by molar-refractivity contribution is 8.01. The molecule has 2 aliphatic heterocycles. The first kappa shape index (κ1) is 29.5. The van der Waals surface area contributed by atoms with Crippen LogP contribution >= 0.6 is 47.3 Å². The number of thiazole rings is 1. The molecule has 2 atom stereocenters. The third-order valence-electron chi connectivity index (χ3n) is 4.86. The number of fused-ring (bicyclic) bond motifs is 1. The molecule has 206 valence electrons. The quantitative estimate of drug-likeness (QED) is 0.153. The number of aryl methyl sites for hydroxylation is 1. The van der Waals surface area contributed by atoms with Gasteiger partial charge in [-0.1, -0.05) is 16.9 Å². The van der Waals surface area contributed by atoms with Crippen molar-refractivity contribution in [2.75, 3.05) is 23.8 Å². The van der Waals surface area contributed by atoms with Crippen LogP contribution in [-0.2, 0) is 26.3 Å². The number of carboxylic acid groups (broad SMARTS) is 1. The van der Waals surface area contributed by atoms with Crippen molar-refractivity contribution in [1.82, 2.24) is 35.4 Å². The number of anilines is 1. The summed E-state index contributed by atoms with van der Waals surface area (Å²) in [4.78, 5) is 46.9. The maximum absolute atomic E-state index is 12.9. The van der Waals surface area contributed by atoms with Crippen LogP contribution < -0.4 is 11.1 Å². The minimum absolute atomic E-state index is 0. The molecule has 21 heteroatoms. The monoisotopic (exact) mass is 615 g/mol. The number of halogens is 4. The highest BCUT2D eigenvalue weighted by atomic mass is 35.5. The molecule has 0 bridgehead atoms. The SMILES string of the molecule is Cl.Cn1nnnc1SCC1=C(C(=O)O)N2C(=O)C(NC(=O)/C(=N\OCC(F)(F)F)c3csc(N)n3)[C@H]2SC1. The van der Waals surface area contributed by atoms with Crippen molar-refractivity contribution < 1.29 is 37.5 Å². The number of hydrogen-bond donors (Lipinski definition) is 3. The molecule has 0 spiro atoms. The Balaban J connectivity index is 0.00000400. The molecule has 0 aliphatic carbocycles. The molecule has 4 rings (SSSR count). The summed E-state index contributed by atoms with van der Waals surface area (Å²) in [5.74, 6) is -2.63. The Morgan fingerprint density at radius 1 is 1.42 bits per heavy atom. The molecule has 14 nitrogen and oxygen atoms in total. The van der Waals surface area contributed by atoms with E-state index in [9.17, 15) is 32.7 Å². The normalized spacial score (nSPS) is 19.4. The fourth-order valence-corrected chi connectivity index (χ4v) is 6.15. The highest BCUT2D eigenvalue weighted by Crippen LogP contribution is 2.41. The summed E-state index contributed by atoms with van der Waals surface area (Å²) in [5.41, 5.74) is 5.03. The fraction of sp³-hybridized carbons (Fsp3) is 0.412. The summed E-state index contributed by atoms with van der Waals surface area (Å²) in [5, 5.41) is 27.5. The number of nitrogen functional groups attached to an aromatic ring is 1. The first-order chi connectivity index (χ1) is 17.5. The Kier molecular flexibility index (Phi) is 9.10. The van der Waals surface area contributed by atoms with Gasteiger partial charge in [0.15, 0.2) is 10.8 Å². The van der Waals surface area contributed by atoms with E-state index in [1.807, 2.05) is 0 Å². The second kappa shape index (κ2) is 11.7. The van der Waals surface area contributed by atoms with Crippen LogP contribution in [0.3, 0.4) is 0 Å². The van der Waals surface area contributed by atoms with Crippen molar-refractivity contribution in [3.63, 3.8) is 0 Å². The molecular formula is C17H17ClF3N9O5S3. The minimum Gasteiger partial charge on any atom is -0.477 e. The van der Waals surface area contributed by atoms with E-state index in [4.69, 9.17) is 5.73 Å². The summed E-state index contributed by atoms with van der Waals surface area (Å²) < 4.78 is 38.8. The lowest BCUT2D eigenvalue weighted by molar-refractivity contribution is -0.174. The number of amides is 2. The van der Waals surface area contributed by atoms with Crippen molar-refractivity contribution in [3.8, 4) is 0 Å². The predicted octanol–water partition coefficient (Wildman–Crippen LogP) is 0.484. The average Bonchev–Trinajstić information content (AvgIpc) is 3.44. The number of alkyl halides is 3. The van der Waals surface area contributed by atoms with Crippen molar-refractivity contribution in [3.05, 3.63) is 22.3 Å². The van der Waals surface area contributed by atoms with Gasteiger partial charge in [0.1, 0.15) is 22.8 Å². The van der Waals surface area contributed by atoms with E-state index in [1.54, 1.807) is 7.05 Å². The summed E-state index contributed by atoms with van der Waals surface area (Å²) in [6, 6.07) is -1.16. The van der Waals surface area contributed by atoms with Crippen LogP contribution in [0.2, 0.25) is 0 Å². The number of oxime groups is 1. The van der Waals surface area contributed by atoms with Gasteiger partial charge >= 0.3 is 12.1 Å². The molecule has 2 aliphatic rings. The van der Waals surface area contributed by atoms with E-state index in [-0.39, 0.29) is 40.4 Å². The van der Waals surface area contributed by atoms with Gasteiger partial charge in [-0.05, 0) is 16.0 Å². The van der Waals surface area contributed by atoms with Gasteiger partial charge in [0, 0.05) is 23.9 Å². The molecule has 0 aromatic carbocycles. The summed E-state index contributed by atoms with van der Waals surface area (Å²) in [7, 11) is 1.62. The number of rotatable bonds is 9. The Bertz CT molecular complexity index is 1300. The van der Waals surface area contributed by atoms with E-state index in [0.29, 0.717) is 10.7 Å². The van der Waals surface area contributed by atoms with E-state index in [2.05, 4.69) is 35.8 Å². The molecular weight excluding hydrogens is 599 g/mol. The van der Waals surface area contributed by atoms with Crippen LogP contribution in [-0.4, -0.2) is 94.4 Å². The molecule has 1 fully saturated rings. The lowest BCUT2D eigenvalue weighted by Gasteiger charge is -2.49. The van der Waals surface area contributed by atoms with Crippen molar-refractivity contribution in [2.24, 2.45) is 12.2 Å². The predicted molar refractivity (Wildman–Crippen MR) is 132 cm³/mol. The molecule has 4 N–H and O–H groups in total. The van der Waals surface area contributed by atoms with Crippen LogP contribution in [0.1, 0.15) is 5.69 Å². The number of nitrogens with zero attached hydrogens (tertiary/aromatic N) is 7. The molecule has 1 saturated heterocycles. The Morgan fingerprint density at radius 3 is 2.74 bits per heavy atom. The number of carboxylic acids is 1. The van der Waals surface area contributed by atoms with Gasteiger partial charge < -0.3 is 21.0 Å². The van der Waals surface area contributed by atoms with E-state index >= 15 is 0 Å². The number of β-lactam (4-membered cyclic amide) rings is 1. The molecule has 2 aromatic heterocycles. The number of aromatic nitrogens is 5. The largest absolute Gasteiger partial charge is 0.477 e. The smallest absolute Gasteiger partial charge is 0.425 e. The topological polar surface area (TPSA) is 191 Å². The molecule has 0 saturated carbocycles. The minimum atomic E-state index is -4.70. The van der Waals surface area contributed by atoms with Gasteiger partial charge in [0.25, 0.3) is 11.8 Å². The number of carbonyl (C=O) groups is 3. The standard InChI is InChI=1S/C17H16F3N9O5S3.ClH/c1-28-16(24-26-27-28)37-3-6-2-35-13-9(12(31)29(13)10(6)14(32)33)23-11(30)8(7-4-36-15(21)22-7)25-34-5-17(18,19)20;/h4,9,13H,2-3,5H2,1H3,(H2,21,22)(H,23,30)(H,32,33);1H/b25-8-;/t9?,13-;/m1./s1. The van der Waals surface area contributed by atoms with Gasteiger partial charge in [0.05, 0.1) is 0 Å². The third-order valence-corrected chi connectivity index (χ3v) is 7.97. The highest BCUT2D eigenvalue weighted by Gasteiger charge is 2.54. The van der Waals surface area contributed by atoms with Crippen molar-refractivity contribution in [2.45, 2.75) is 22.7 Å². The van der Waals surface area contributed by atoms with E-state index < -0.39 is 47.7 Å². The average molecular weight is 616 g/mol. The number of aliphatic carboxylic acids is 1. The Labute approximate surface area is 229 Å². The van der Waals surface area contributed by atoms with E-state index in [0.717, 1.165) is 16.2 Å². The van der Waals surface area contributed by atoms with Crippen LogP contribution in [0.25, 0.3) is 0 Å². The molecule has 0 radical (unpaired) electrons. The van der Waals surface area contributed by atoms with Crippen LogP contribution in [0.15, 0.2) is 27.0 Å². The maximum Gasteiger partial charge on any atom is 0.425 e. The molecule has 2 aromatic rings. The summed E-state index contributed by atoms with van der Waals surface area (Å²) in [6.45, 7) is -1.75. The first-order valence-electron chi connectivity index (χ1n) is 10.0. The second-order valence-electron chi connectivity index (χ2n) is 7.39. The number of nitrogens with two attached hydrogens (primary N) is 1. The second-order valence-corrected chi connectivity index (χ2v) is 10.3. The summed E-state index contributed by atoms with van der Waals surface area (Å²) in [6.07, 6.45) is -4.70. The van der Waals surface area contributed by atoms with Gasteiger partial charge in [-0.3, -0.25) is 14.5 Å². The number of tetrazole rings is 1. The van der Waals surface area contributed by atoms with E-state index in [1.165, 1.54) is 33.6 Å². The van der Waals surface area contributed by atoms with Gasteiger partial charge in [0.2, 0.25) is 11.8 Å². The van der Waals surface area contributed by atoms with Crippen LogP contribution in [0.4, 0.5) is 18.3 Å². The van der Waals surface area contributed by atoms with Gasteiger partial charge in [-0.2, -0.15) is 13.2 Å². The molecule has 38 heavy (non-hydrogen) atoms. The van der Waals surface area contributed by atoms with Crippen molar-refractivity contribution in [1.29, 1.82) is 0 Å². The van der Waals surface area contributed by atoms with Gasteiger partial charge in [-0.15, -0.1) is 40.6 Å². The van der Waals surface area contributed by atoms with Crippen molar-refractivity contribution >= 4 is 75.9 Å². The van der Waals surface area contributed by atoms with Crippen LogP contribution in [0.5, 0.6) is 0 Å². The lowest BCUT2D eigenvalue weighted by Crippen LogP contribution is -2.71. The Morgan fingerprint density at radius 2 is 2.16 bits per heavy atom. The zero-order chi connectivity index (χ0) is 26.9. The zero-order valence-corrected chi connectivity index (χ0v) is 22.2. The molecule has 4 heterocycles. The maximum atomic E-state index is 12.9. The zero-order valence-electron chi connectivity index (χ0n) is 18.9. The van der Waals surface area contributed by atoms with Crippen LogP contribution in [0, 0.1) is 0 Å². The van der Waals surface area contributed by atoms with Gasteiger partial charge in [-0.25, -0.2) is 14.5 Å². The number of carbonyl (C=O) groups excluding carboxylic acids is 2. The fourth-order valence-electron chi connectivity index (χ4n) is 3.27. The Hall–Kier alpha value is -3.10.